The van der Waals surface area contributed by atoms with E-state index in [1.807, 2.05) is 0 Å². The summed E-state index contributed by atoms with van der Waals surface area (Å²) in [5.74, 6) is -1.18. The number of Topliss-reactive ketones (excluding diaryl/α,β-unsaturated/α-hetero) is 1. The average Bonchev–Trinajstić information content (AvgIpc) is 2.24. The van der Waals surface area contributed by atoms with Gasteiger partial charge in [0.1, 0.15) is 0 Å². The Morgan fingerprint density at radius 2 is 1.94 bits per heavy atom. The number of likely N-dealkylation sites (N-methyl/N-ethyl adjacent to an activating group) is 1. The quantitative estimate of drug-likeness (QED) is 0.289. The number of rotatable bonds is 7. The zero-order valence-corrected chi connectivity index (χ0v) is 10.2. The van der Waals surface area contributed by atoms with Crippen molar-refractivity contribution >= 4 is 24.0 Å². The predicted octanol–water partition coefficient (Wildman–Crippen LogP) is -0.226. The molecule has 0 radical (unpaired) electrons. The molecule has 0 rings (SSSR count). The second kappa shape index (κ2) is 7.37. The maximum absolute atomic E-state index is 11.2. The van der Waals surface area contributed by atoms with Gasteiger partial charge in [-0.2, -0.15) is 5.10 Å². The SMILES string of the molecule is CC(=O)/C(=N/N(C)CCCC(=O)O)N(C)C=O. The zero-order chi connectivity index (χ0) is 13.4. The van der Waals surface area contributed by atoms with Crippen LogP contribution in [0, 0.1) is 0 Å². The summed E-state index contributed by atoms with van der Waals surface area (Å²) in [5, 5.41) is 13.8. The van der Waals surface area contributed by atoms with Crippen molar-refractivity contribution in [3.63, 3.8) is 0 Å². The molecule has 1 amide bonds. The molecule has 0 aliphatic heterocycles. The predicted molar refractivity (Wildman–Crippen MR) is 61.4 cm³/mol. The van der Waals surface area contributed by atoms with E-state index in [2.05, 4.69) is 5.10 Å². The van der Waals surface area contributed by atoms with Gasteiger partial charge in [-0.3, -0.25) is 24.3 Å². The highest BCUT2D eigenvalue weighted by molar-refractivity contribution is 6.39. The number of carboxylic acids is 1. The van der Waals surface area contributed by atoms with Crippen molar-refractivity contribution in [3.8, 4) is 0 Å². The van der Waals surface area contributed by atoms with Crippen LogP contribution in [0.4, 0.5) is 0 Å². The van der Waals surface area contributed by atoms with E-state index in [0.717, 1.165) is 4.90 Å². The van der Waals surface area contributed by atoms with E-state index in [9.17, 15) is 14.4 Å². The Balaban J connectivity index is 4.44. The highest BCUT2D eigenvalue weighted by Gasteiger charge is 2.12. The van der Waals surface area contributed by atoms with Crippen LogP contribution < -0.4 is 0 Å². The molecule has 0 saturated heterocycles. The monoisotopic (exact) mass is 243 g/mol. The number of carbonyl (C=O) groups excluding carboxylic acids is 2. The molecule has 0 atom stereocenters. The number of amidine groups is 1. The first-order valence-corrected chi connectivity index (χ1v) is 5.09. The van der Waals surface area contributed by atoms with Gasteiger partial charge in [0.05, 0.1) is 0 Å². The summed E-state index contributed by atoms with van der Waals surface area (Å²) in [6.07, 6.45) is 0.954. The van der Waals surface area contributed by atoms with Gasteiger partial charge in [-0.15, -0.1) is 0 Å². The molecule has 0 aliphatic carbocycles. The van der Waals surface area contributed by atoms with Crippen LogP contribution in [0.1, 0.15) is 19.8 Å². The van der Waals surface area contributed by atoms with Crippen LogP contribution in [0.5, 0.6) is 0 Å². The molecule has 0 spiro atoms. The van der Waals surface area contributed by atoms with Crippen molar-refractivity contribution in [2.45, 2.75) is 19.8 Å². The first-order valence-electron chi connectivity index (χ1n) is 5.09. The molecule has 0 aromatic carbocycles. The summed E-state index contributed by atoms with van der Waals surface area (Å²) in [6.45, 7) is 1.71. The lowest BCUT2D eigenvalue weighted by molar-refractivity contribution is -0.137. The number of hydrazone groups is 1. The van der Waals surface area contributed by atoms with Crippen molar-refractivity contribution < 1.29 is 19.5 Å². The molecule has 0 aliphatic rings. The molecule has 7 heteroatoms. The van der Waals surface area contributed by atoms with Gasteiger partial charge >= 0.3 is 5.97 Å². The number of aliphatic carboxylic acids is 1. The van der Waals surface area contributed by atoms with Crippen molar-refractivity contribution in [3.05, 3.63) is 0 Å². The van der Waals surface area contributed by atoms with Gasteiger partial charge in [0.2, 0.25) is 6.41 Å². The Labute approximate surface area is 99.7 Å². The molecule has 0 aromatic rings. The minimum atomic E-state index is -0.876. The summed E-state index contributed by atoms with van der Waals surface area (Å²) >= 11 is 0. The van der Waals surface area contributed by atoms with E-state index in [1.165, 1.54) is 19.0 Å². The van der Waals surface area contributed by atoms with Crippen LogP contribution in [-0.2, 0) is 14.4 Å². The van der Waals surface area contributed by atoms with E-state index in [4.69, 9.17) is 5.11 Å². The average molecular weight is 243 g/mol. The van der Waals surface area contributed by atoms with Gasteiger partial charge in [0, 0.05) is 34.0 Å². The topological polar surface area (TPSA) is 90.3 Å². The molecular weight excluding hydrogens is 226 g/mol. The highest BCUT2D eigenvalue weighted by atomic mass is 16.4. The number of amides is 1. The van der Waals surface area contributed by atoms with Crippen LogP contribution in [0.25, 0.3) is 0 Å². The van der Waals surface area contributed by atoms with Crippen molar-refractivity contribution in [2.75, 3.05) is 20.6 Å². The zero-order valence-electron chi connectivity index (χ0n) is 10.2. The molecule has 96 valence electrons. The molecule has 0 aromatic heterocycles. The van der Waals surface area contributed by atoms with E-state index < -0.39 is 5.97 Å². The number of ketones is 1. The number of hydrogen-bond acceptors (Lipinski definition) is 5. The van der Waals surface area contributed by atoms with Gasteiger partial charge in [-0.25, -0.2) is 0 Å². The summed E-state index contributed by atoms with van der Waals surface area (Å²) in [6, 6.07) is 0. The fourth-order valence-corrected chi connectivity index (χ4v) is 1.11. The van der Waals surface area contributed by atoms with Gasteiger partial charge in [0.15, 0.2) is 11.6 Å². The first kappa shape index (κ1) is 15.1. The molecular formula is C10H17N3O4. The Bertz CT molecular complexity index is 328. The Morgan fingerprint density at radius 3 is 2.35 bits per heavy atom. The summed E-state index contributed by atoms with van der Waals surface area (Å²) in [5.41, 5.74) is 0. The van der Waals surface area contributed by atoms with Crippen LogP contribution in [0.2, 0.25) is 0 Å². The maximum Gasteiger partial charge on any atom is 0.303 e. The van der Waals surface area contributed by atoms with Crippen LogP contribution in [0.15, 0.2) is 5.10 Å². The molecule has 0 saturated carbocycles. The van der Waals surface area contributed by atoms with E-state index in [1.54, 1.807) is 7.05 Å². The minimum absolute atomic E-state index is 0.0258. The minimum Gasteiger partial charge on any atom is -0.481 e. The van der Waals surface area contributed by atoms with Crippen LogP contribution in [-0.4, -0.2) is 59.7 Å². The van der Waals surface area contributed by atoms with Crippen LogP contribution >= 0.6 is 0 Å². The van der Waals surface area contributed by atoms with E-state index in [-0.39, 0.29) is 18.0 Å². The normalized spacial score (nSPS) is 10.9. The molecule has 1 N–H and O–H groups in total. The third-order valence-corrected chi connectivity index (χ3v) is 1.94. The van der Waals surface area contributed by atoms with E-state index >= 15 is 0 Å². The molecule has 17 heavy (non-hydrogen) atoms. The van der Waals surface area contributed by atoms with Gasteiger partial charge in [-0.1, -0.05) is 0 Å². The summed E-state index contributed by atoms with van der Waals surface area (Å²) in [7, 11) is 3.04. The highest BCUT2D eigenvalue weighted by Crippen LogP contribution is 1.96. The number of nitrogens with zero attached hydrogens (tertiary/aromatic N) is 3. The third kappa shape index (κ3) is 6.29. The lowest BCUT2D eigenvalue weighted by Crippen LogP contribution is -2.33. The van der Waals surface area contributed by atoms with Gasteiger partial charge in [-0.05, 0) is 6.42 Å². The number of hydrogen-bond donors (Lipinski definition) is 1. The lowest BCUT2D eigenvalue weighted by atomic mass is 10.3. The molecule has 0 bridgehead atoms. The van der Waals surface area contributed by atoms with Gasteiger partial charge < -0.3 is 5.11 Å². The fraction of sp³-hybridized carbons (Fsp3) is 0.600. The van der Waals surface area contributed by atoms with E-state index in [0.29, 0.717) is 19.4 Å². The standard InChI is InChI=1S/C10H17N3O4/c1-8(15)10(12(2)7-14)11-13(3)6-4-5-9(16)17/h7H,4-6H2,1-3H3,(H,16,17)/b11-10-. The Hall–Kier alpha value is -1.92. The fourth-order valence-electron chi connectivity index (χ4n) is 1.11. The summed E-state index contributed by atoms with van der Waals surface area (Å²) < 4.78 is 0. The number of carboxylic acid groups (broad SMARTS) is 1. The van der Waals surface area contributed by atoms with Crippen LogP contribution in [0.3, 0.4) is 0 Å². The molecule has 0 fully saturated rings. The molecule has 0 unspecified atom stereocenters. The second-order valence-corrected chi connectivity index (χ2v) is 3.57. The molecule has 0 heterocycles. The molecule has 7 nitrogen and oxygen atoms in total. The van der Waals surface area contributed by atoms with Crippen molar-refractivity contribution in [1.29, 1.82) is 0 Å². The lowest BCUT2D eigenvalue weighted by Gasteiger charge is -2.17. The number of carbonyl (C=O) groups is 3. The van der Waals surface area contributed by atoms with Gasteiger partial charge in [0.25, 0.3) is 0 Å². The third-order valence-electron chi connectivity index (χ3n) is 1.94. The Kier molecular flexibility index (Phi) is 6.54. The second-order valence-electron chi connectivity index (χ2n) is 3.57. The first-order chi connectivity index (χ1) is 7.88. The van der Waals surface area contributed by atoms with Crippen molar-refractivity contribution in [1.82, 2.24) is 9.91 Å². The largest absolute Gasteiger partial charge is 0.481 e. The van der Waals surface area contributed by atoms with Crippen molar-refractivity contribution in [2.24, 2.45) is 5.10 Å². The summed E-state index contributed by atoms with van der Waals surface area (Å²) in [4.78, 5) is 33.1. The Morgan fingerprint density at radius 1 is 1.35 bits per heavy atom. The smallest absolute Gasteiger partial charge is 0.303 e. The maximum atomic E-state index is 11.2.